The van der Waals surface area contributed by atoms with Crippen LogP contribution in [0.3, 0.4) is 0 Å². The van der Waals surface area contributed by atoms with E-state index in [0.29, 0.717) is 19.1 Å². The van der Waals surface area contributed by atoms with Gasteiger partial charge in [0, 0.05) is 0 Å². The van der Waals surface area contributed by atoms with Gasteiger partial charge in [0.1, 0.15) is 30.2 Å². The summed E-state index contributed by atoms with van der Waals surface area (Å²) in [6, 6.07) is 7.70. The van der Waals surface area contributed by atoms with Crippen molar-refractivity contribution in [2.75, 3.05) is 13.2 Å². The number of hydrogen-bond acceptors (Lipinski definition) is 7. The van der Waals surface area contributed by atoms with Crippen LogP contribution in [0.15, 0.2) is 24.3 Å². The number of fused-ring (bicyclic) bond motifs is 1. The molecule has 2 saturated heterocycles. The lowest BCUT2D eigenvalue weighted by Gasteiger charge is -2.28. The van der Waals surface area contributed by atoms with Crippen molar-refractivity contribution in [3.8, 4) is 5.75 Å². The standard InChI is InChI=1S/C20H30O7/c1-12(2)10-23-14-7-5-13(6-8-14)11-24-17-16(15(22)9-21)25-19-18(17)26-20(3,4)27-19/h5-8,12,15-19,21-22H,9-11H2,1-4H3/t15-,16-,17+,18-,19+/m1/s1. The molecule has 2 heterocycles. The SMILES string of the molecule is CC(C)COc1ccc(CO[C@@H]2[C@H]3OC(C)(C)O[C@@H]3O[C@@H]2[C@H](O)CO)cc1. The fourth-order valence-electron chi connectivity index (χ4n) is 3.24. The molecule has 2 aliphatic heterocycles. The van der Waals surface area contributed by atoms with Gasteiger partial charge in [-0.25, -0.2) is 0 Å². The minimum Gasteiger partial charge on any atom is -0.493 e. The zero-order valence-electron chi connectivity index (χ0n) is 16.3. The third-order valence-electron chi connectivity index (χ3n) is 4.54. The van der Waals surface area contributed by atoms with Gasteiger partial charge in [-0.15, -0.1) is 0 Å². The van der Waals surface area contributed by atoms with Crippen LogP contribution in [-0.2, 0) is 25.6 Å². The van der Waals surface area contributed by atoms with Crippen LogP contribution in [0.2, 0.25) is 0 Å². The Morgan fingerprint density at radius 1 is 1.15 bits per heavy atom. The summed E-state index contributed by atoms with van der Waals surface area (Å²) in [5.41, 5.74) is 0.964. The molecule has 5 atom stereocenters. The van der Waals surface area contributed by atoms with Crippen molar-refractivity contribution in [2.24, 2.45) is 5.92 Å². The van der Waals surface area contributed by atoms with E-state index in [2.05, 4.69) is 13.8 Å². The molecule has 1 aromatic rings. The second kappa shape index (κ2) is 8.43. The molecule has 7 heteroatoms. The Bertz CT molecular complexity index is 601. The summed E-state index contributed by atoms with van der Waals surface area (Å²) in [6.07, 6.45) is -3.41. The topological polar surface area (TPSA) is 86.6 Å². The largest absolute Gasteiger partial charge is 0.493 e. The van der Waals surface area contributed by atoms with Crippen LogP contribution in [0.25, 0.3) is 0 Å². The number of hydrogen-bond donors (Lipinski definition) is 2. The van der Waals surface area contributed by atoms with Gasteiger partial charge in [0.2, 0.25) is 0 Å². The van der Waals surface area contributed by atoms with Gasteiger partial charge < -0.3 is 33.9 Å². The predicted molar refractivity (Wildman–Crippen MR) is 97.1 cm³/mol. The van der Waals surface area contributed by atoms with Crippen LogP contribution >= 0.6 is 0 Å². The highest BCUT2D eigenvalue weighted by Crippen LogP contribution is 2.39. The lowest BCUT2D eigenvalue weighted by atomic mass is 10.1. The maximum Gasteiger partial charge on any atom is 0.190 e. The van der Waals surface area contributed by atoms with Gasteiger partial charge in [-0.3, -0.25) is 0 Å². The Morgan fingerprint density at radius 3 is 2.48 bits per heavy atom. The molecule has 0 unspecified atom stereocenters. The van der Waals surface area contributed by atoms with E-state index in [0.717, 1.165) is 11.3 Å². The van der Waals surface area contributed by atoms with Gasteiger partial charge in [0.15, 0.2) is 12.1 Å². The van der Waals surface area contributed by atoms with Gasteiger partial charge in [-0.1, -0.05) is 26.0 Å². The first kappa shape index (κ1) is 20.5. The maximum atomic E-state index is 10.1. The summed E-state index contributed by atoms with van der Waals surface area (Å²) < 4.78 is 29.1. The number of aliphatic hydroxyl groups is 2. The third kappa shape index (κ3) is 4.99. The first-order valence-electron chi connectivity index (χ1n) is 9.42. The van der Waals surface area contributed by atoms with E-state index < -0.39 is 43.1 Å². The van der Waals surface area contributed by atoms with Crippen molar-refractivity contribution in [3.63, 3.8) is 0 Å². The van der Waals surface area contributed by atoms with E-state index in [1.54, 1.807) is 13.8 Å². The highest BCUT2D eigenvalue weighted by Gasteiger charge is 2.56. The molecule has 0 spiro atoms. The number of rotatable bonds is 8. The molecule has 0 aliphatic carbocycles. The van der Waals surface area contributed by atoms with Crippen LogP contribution in [0.5, 0.6) is 5.75 Å². The Balaban J connectivity index is 1.61. The smallest absolute Gasteiger partial charge is 0.190 e. The van der Waals surface area contributed by atoms with Crippen LogP contribution in [0, 0.1) is 5.92 Å². The second-order valence-corrected chi connectivity index (χ2v) is 7.94. The minimum absolute atomic E-state index is 0.320. The average Bonchev–Trinajstić information content (AvgIpc) is 3.10. The summed E-state index contributed by atoms with van der Waals surface area (Å²) in [5, 5.41) is 19.4. The zero-order valence-corrected chi connectivity index (χ0v) is 16.3. The van der Waals surface area contributed by atoms with Crippen LogP contribution < -0.4 is 4.74 Å². The average molecular weight is 382 g/mol. The van der Waals surface area contributed by atoms with E-state index in [4.69, 9.17) is 23.7 Å². The minimum atomic E-state index is -1.07. The van der Waals surface area contributed by atoms with Crippen LogP contribution in [0.1, 0.15) is 33.3 Å². The molecular weight excluding hydrogens is 352 g/mol. The summed E-state index contributed by atoms with van der Waals surface area (Å²) in [6.45, 7) is 8.39. The molecular formula is C20H30O7. The number of ether oxygens (including phenoxy) is 5. The molecule has 3 rings (SSSR count). The molecule has 2 aliphatic rings. The molecule has 2 fully saturated rings. The lowest BCUT2D eigenvalue weighted by molar-refractivity contribution is -0.232. The van der Waals surface area contributed by atoms with Gasteiger partial charge in [0.05, 0.1) is 19.8 Å². The quantitative estimate of drug-likeness (QED) is 0.709. The molecule has 0 saturated carbocycles. The Labute approximate surface area is 160 Å². The van der Waals surface area contributed by atoms with Crippen LogP contribution in [-0.4, -0.2) is 59.9 Å². The molecule has 7 nitrogen and oxygen atoms in total. The summed E-state index contributed by atoms with van der Waals surface area (Å²) in [5.74, 6) is 0.511. The summed E-state index contributed by atoms with van der Waals surface area (Å²) in [7, 11) is 0. The Kier molecular flexibility index (Phi) is 6.40. The summed E-state index contributed by atoms with van der Waals surface area (Å²) in [4.78, 5) is 0. The lowest BCUT2D eigenvalue weighted by Crippen LogP contribution is -2.44. The molecule has 27 heavy (non-hydrogen) atoms. The zero-order chi connectivity index (χ0) is 19.6. The van der Waals surface area contributed by atoms with Crippen molar-refractivity contribution in [2.45, 2.75) is 70.8 Å². The first-order chi connectivity index (χ1) is 12.8. The van der Waals surface area contributed by atoms with E-state index in [1.807, 2.05) is 24.3 Å². The monoisotopic (exact) mass is 382 g/mol. The van der Waals surface area contributed by atoms with E-state index in [-0.39, 0.29) is 0 Å². The van der Waals surface area contributed by atoms with Crippen molar-refractivity contribution in [1.82, 2.24) is 0 Å². The molecule has 1 aromatic carbocycles. The van der Waals surface area contributed by atoms with Gasteiger partial charge in [-0.05, 0) is 37.5 Å². The fraction of sp³-hybridized carbons (Fsp3) is 0.700. The highest BCUT2D eigenvalue weighted by atomic mass is 16.8. The van der Waals surface area contributed by atoms with E-state index in [9.17, 15) is 10.2 Å². The van der Waals surface area contributed by atoms with Crippen molar-refractivity contribution >= 4 is 0 Å². The number of aliphatic hydroxyl groups excluding tert-OH is 2. The third-order valence-corrected chi connectivity index (χ3v) is 4.54. The fourth-order valence-corrected chi connectivity index (χ4v) is 3.24. The second-order valence-electron chi connectivity index (χ2n) is 7.94. The molecule has 2 N–H and O–H groups in total. The maximum absolute atomic E-state index is 10.1. The van der Waals surface area contributed by atoms with Crippen molar-refractivity contribution < 1.29 is 33.9 Å². The molecule has 0 aromatic heterocycles. The van der Waals surface area contributed by atoms with Crippen molar-refractivity contribution in [3.05, 3.63) is 29.8 Å². The molecule has 0 radical (unpaired) electrons. The first-order valence-corrected chi connectivity index (χ1v) is 9.42. The number of benzene rings is 1. The molecule has 152 valence electrons. The van der Waals surface area contributed by atoms with E-state index in [1.165, 1.54) is 0 Å². The Morgan fingerprint density at radius 2 is 1.85 bits per heavy atom. The summed E-state index contributed by atoms with van der Waals surface area (Å²) >= 11 is 0. The van der Waals surface area contributed by atoms with Gasteiger partial charge in [0.25, 0.3) is 0 Å². The normalized spacial score (nSPS) is 30.5. The van der Waals surface area contributed by atoms with E-state index >= 15 is 0 Å². The van der Waals surface area contributed by atoms with Gasteiger partial charge in [-0.2, -0.15) is 0 Å². The predicted octanol–water partition coefficient (Wildman–Crippen LogP) is 1.84. The molecule has 0 amide bonds. The van der Waals surface area contributed by atoms with Crippen LogP contribution in [0.4, 0.5) is 0 Å². The van der Waals surface area contributed by atoms with Crippen molar-refractivity contribution in [1.29, 1.82) is 0 Å². The Hall–Kier alpha value is -1.22. The van der Waals surface area contributed by atoms with Gasteiger partial charge >= 0.3 is 0 Å². The molecule has 0 bridgehead atoms. The highest BCUT2D eigenvalue weighted by molar-refractivity contribution is 5.27.